The first-order chi connectivity index (χ1) is 9.38. The summed E-state index contributed by atoms with van der Waals surface area (Å²) in [5.74, 6) is 2.91. The molecule has 0 aliphatic rings. The summed E-state index contributed by atoms with van der Waals surface area (Å²) in [6, 6.07) is 7.84. The molecule has 19 heavy (non-hydrogen) atoms. The normalized spacial score (nSPS) is 11.0. The molecule has 0 unspecified atom stereocenters. The molecule has 0 saturated heterocycles. The van der Waals surface area contributed by atoms with Crippen LogP contribution < -0.4 is 5.32 Å². The number of nitrogens with one attached hydrogen (secondary N) is 1. The van der Waals surface area contributed by atoms with Gasteiger partial charge in [-0.05, 0) is 37.2 Å². The van der Waals surface area contributed by atoms with Crippen LogP contribution in [0.3, 0.4) is 0 Å². The van der Waals surface area contributed by atoms with Crippen LogP contribution in [0.1, 0.15) is 30.6 Å². The Kier molecular flexibility index (Phi) is 5.72. The van der Waals surface area contributed by atoms with E-state index in [1.165, 1.54) is 0 Å². The van der Waals surface area contributed by atoms with Crippen LogP contribution in [0.5, 0.6) is 0 Å². The van der Waals surface area contributed by atoms with Gasteiger partial charge in [-0.3, -0.25) is 0 Å². The molecular formula is C15H21NO3. The molecule has 2 aromatic heterocycles. The smallest absolute Gasteiger partial charge is 0.129 e. The van der Waals surface area contributed by atoms with E-state index in [2.05, 4.69) is 12.2 Å². The van der Waals surface area contributed by atoms with E-state index in [1.807, 2.05) is 24.3 Å². The second-order valence-electron chi connectivity index (χ2n) is 4.38. The van der Waals surface area contributed by atoms with E-state index in [1.54, 1.807) is 6.26 Å². The first kappa shape index (κ1) is 13.9. The Bertz CT molecular complexity index is 448. The number of hydrogen-bond donors (Lipinski definition) is 1. The van der Waals surface area contributed by atoms with Gasteiger partial charge in [-0.1, -0.05) is 6.92 Å². The fourth-order valence-corrected chi connectivity index (χ4v) is 1.79. The van der Waals surface area contributed by atoms with Gasteiger partial charge in [0.05, 0.1) is 12.8 Å². The van der Waals surface area contributed by atoms with Crippen LogP contribution >= 0.6 is 0 Å². The summed E-state index contributed by atoms with van der Waals surface area (Å²) in [7, 11) is 0. The van der Waals surface area contributed by atoms with Gasteiger partial charge in [-0.2, -0.15) is 0 Å². The first-order valence-corrected chi connectivity index (χ1v) is 6.77. The molecule has 0 fully saturated rings. The molecule has 1 N–H and O–H groups in total. The van der Waals surface area contributed by atoms with Crippen molar-refractivity contribution in [2.24, 2.45) is 0 Å². The second-order valence-corrected chi connectivity index (χ2v) is 4.38. The zero-order chi connectivity index (χ0) is 13.3. The van der Waals surface area contributed by atoms with Gasteiger partial charge in [0.2, 0.25) is 0 Å². The molecule has 2 aromatic rings. The first-order valence-electron chi connectivity index (χ1n) is 6.77. The number of furan rings is 2. The van der Waals surface area contributed by atoms with Gasteiger partial charge < -0.3 is 18.9 Å². The van der Waals surface area contributed by atoms with Gasteiger partial charge >= 0.3 is 0 Å². The van der Waals surface area contributed by atoms with Gasteiger partial charge in [0, 0.05) is 13.0 Å². The van der Waals surface area contributed by atoms with Crippen LogP contribution in [0, 0.1) is 0 Å². The maximum absolute atomic E-state index is 5.60. The summed E-state index contributed by atoms with van der Waals surface area (Å²) in [4.78, 5) is 0. The van der Waals surface area contributed by atoms with E-state index in [4.69, 9.17) is 13.6 Å². The molecule has 0 saturated carbocycles. The Labute approximate surface area is 113 Å². The van der Waals surface area contributed by atoms with E-state index in [-0.39, 0.29) is 0 Å². The lowest BCUT2D eigenvalue weighted by Gasteiger charge is -2.03. The molecule has 2 heterocycles. The molecule has 0 amide bonds. The molecule has 0 spiro atoms. The summed E-state index contributed by atoms with van der Waals surface area (Å²) < 4.78 is 16.3. The third-order valence-electron chi connectivity index (χ3n) is 2.83. The minimum atomic E-state index is 0.547. The van der Waals surface area contributed by atoms with Gasteiger partial charge in [0.15, 0.2) is 0 Å². The SMILES string of the molecule is CCc1ccc(CNCCCOCc2ccco2)o1. The molecular weight excluding hydrogens is 242 g/mol. The second kappa shape index (κ2) is 7.81. The van der Waals surface area contributed by atoms with Crippen molar-refractivity contribution in [3.05, 3.63) is 47.8 Å². The molecule has 0 aliphatic carbocycles. The Hall–Kier alpha value is -1.52. The number of hydrogen-bond acceptors (Lipinski definition) is 4. The van der Waals surface area contributed by atoms with Crippen LogP contribution in [-0.4, -0.2) is 13.2 Å². The summed E-state index contributed by atoms with van der Waals surface area (Å²) in [5.41, 5.74) is 0. The molecule has 2 rings (SSSR count). The van der Waals surface area contributed by atoms with Crippen LogP contribution in [0.4, 0.5) is 0 Å². The van der Waals surface area contributed by atoms with E-state index in [0.29, 0.717) is 6.61 Å². The van der Waals surface area contributed by atoms with Crippen LogP contribution in [-0.2, 0) is 24.3 Å². The lowest BCUT2D eigenvalue weighted by molar-refractivity contribution is 0.104. The largest absolute Gasteiger partial charge is 0.467 e. The van der Waals surface area contributed by atoms with E-state index in [9.17, 15) is 0 Å². The van der Waals surface area contributed by atoms with E-state index in [0.717, 1.165) is 49.8 Å². The van der Waals surface area contributed by atoms with Crippen molar-refractivity contribution in [1.29, 1.82) is 0 Å². The minimum absolute atomic E-state index is 0.547. The fourth-order valence-electron chi connectivity index (χ4n) is 1.79. The zero-order valence-electron chi connectivity index (χ0n) is 11.4. The Morgan fingerprint density at radius 1 is 1.16 bits per heavy atom. The fraction of sp³-hybridized carbons (Fsp3) is 0.467. The lowest BCUT2D eigenvalue weighted by atomic mass is 10.3. The molecule has 0 atom stereocenters. The van der Waals surface area contributed by atoms with Crippen LogP contribution in [0.25, 0.3) is 0 Å². The summed E-state index contributed by atoms with van der Waals surface area (Å²) in [5, 5.41) is 3.34. The number of aryl methyl sites for hydroxylation is 1. The highest BCUT2D eigenvalue weighted by Crippen LogP contribution is 2.07. The quantitative estimate of drug-likeness (QED) is 0.706. The van der Waals surface area contributed by atoms with Gasteiger partial charge in [-0.25, -0.2) is 0 Å². The Balaban J connectivity index is 1.48. The molecule has 4 nitrogen and oxygen atoms in total. The third kappa shape index (κ3) is 4.93. The molecule has 4 heteroatoms. The lowest BCUT2D eigenvalue weighted by Crippen LogP contribution is -2.15. The van der Waals surface area contributed by atoms with Crippen molar-refractivity contribution in [2.75, 3.05) is 13.2 Å². The Morgan fingerprint density at radius 2 is 2.05 bits per heavy atom. The highest BCUT2D eigenvalue weighted by Gasteiger charge is 1.99. The van der Waals surface area contributed by atoms with E-state index >= 15 is 0 Å². The Morgan fingerprint density at radius 3 is 2.79 bits per heavy atom. The highest BCUT2D eigenvalue weighted by molar-refractivity contribution is 5.06. The standard InChI is InChI=1S/C15H21NO3/c1-2-13-6-7-14(19-13)11-16-8-4-9-17-12-15-5-3-10-18-15/h3,5-7,10,16H,2,4,8-9,11-12H2,1H3. The van der Waals surface area contributed by atoms with Gasteiger partial charge in [0.1, 0.15) is 23.9 Å². The van der Waals surface area contributed by atoms with Crippen LogP contribution in [0.2, 0.25) is 0 Å². The van der Waals surface area contributed by atoms with E-state index < -0.39 is 0 Å². The summed E-state index contributed by atoms with van der Waals surface area (Å²) in [6.45, 7) is 5.06. The highest BCUT2D eigenvalue weighted by atomic mass is 16.5. The zero-order valence-corrected chi connectivity index (χ0v) is 11.4. The number of rotatable bonds is 9. The number of ether oxygens (including phenoxy) is 1. The molecule has 0 aliphatic heterocycles. The van der Waals surface area contributed by atoms with Crippen molar-refractivity contribution in [3.8, 4) is 0 Å². The van der Waals surface area contributed by atoms with Crippen molar-refractivity contribution in [2.45, 2.75) is 32.9 Å². The average Bonchev–Trinajstić information content (AvgIpc) is 3.08. The predicted octanol–water partition coefficient (Wildman–Crippen LogP) is 3.13. The molecule has 0 bridgehead atoms. The van der Waals surface area contributed by atoms with Crippen LogP contribution in [0.15, 0.2) is 39.4 Å². The van der Waals surface area contributed by atoms with Crippen molar-refractivity contribution in [3.63, 3.8) is 0 Å². The average molecular weight is 263 g/mol. The predicted molar refractivity (Wildman–Crippen MR) is 72.8 cm³/mol. The molecule has 104 valence electrons. The minimum Gasteiger partial charge on any atom is -0.467 e. The maximum Gasteiger partial charge on any atom is 0.129 e. The van der Waals surface area contributed by atoms with Gasteiger partial charge in [-0.15, -0.1) is 0 Å². The van der Waals surface area contributed by atoms with Crippen molar-refractivity contribution < 1.29 is 13.6 Å². The maximum atomic E-state index is 5.60. The van der Waals surface area contributed by atoms with Crippen molar-refractivity contribution >= 4 is 0 Å². The monoisotopic (exact) mass is 263 g/mol. The summed E-state index contributed by atoms with van der Waals surface area (Å²) in [6.07, 6.45) is 3.58. The third-order valence-corrected chi connectivity index (χ3v) is 2.83. The molecule has 0 aromatic carbocycles. The topological polar surface area (TPSA) is 47.5 Å². The van der Waals surface area contributed by atoms with Crippen molar-refractivity contribution in [1.82, 2.24) is 5.32 Å². The van der Waals surface area contributed by atoms with Gasteiger partial charge in [0.25, 0.3) is 0 Å². The summed E-state index contributed by atoms with van der Waals surface area (Å²) >= 11 is 0. The molecule has 0 radical (unpaired) electrons.